The van der Waals surface area contributed by atoms with E-state index in [1.54, 1.807) is 30.4 Å². The van der Waals surface area contributed by atoms with Crippen LogP contribution in [-0.2, 0) is 6.54 Å². The second-order valence-corrected chi connectivity index (χ2v) is 6.28. The Bertz CT molecular complexity index is 856. The Balaban J connectivity index is 1.74. The molecule has 0 spiro atoms. The molecule has 0 aliphatic heterocycles. The highest BCUT2D eigenvalue weighted by Gasteiger charge is 2.20. The van der Waals surface area contributed by atoms with E-state index in [4.69, 9.17) is 4.74 Å². The number of benzene rings is 1. The summed E-state index contributed by atoms with van der Waals surface area (Å²) in [5, 5.41) is 18.3. The number of rotatable bonds is 7. The minimum absolute atomic E-state index is 0.104. The van der Waals surface area contributed by atoms with E-state index in [0.717, 1.165) is 5.56 Å². The number of aromatic amines is 1. The monoisotopic (exact) mass is 354 g/mol. The molecule has 0 radical (unpaired) electrons. The zero-order valence-corrected chi connectivity index (χ0v) is 15.0. The largest absolute Gasteiger partial charge is 0.496 e. The van der Waals surface area contributed by atoms with Crippen LogP contribution in [-0.4, -0.2) is 44.3 Å². The van der Waals surface area contributed by atoms with Crippen molar-refractivity contribution in [2.75, 3.05) is 7.11 Å². The highest BCUT2D eigenvalue weighted by Crippen LogP contribution is 2.28. The third kappa shape index (κ3) is 3.90. The fraction of sp³-hybridized carbons (Fsp3) is 0.333. The summed E-state index contributed by atoms with van der Waals surface area (Å²) in [6.07, 6.45) is 3.24. The van der Waals surface area contributed by atoms with Gasteiger partial charge in [0.25, 0.3) is 5.91 Å². The third-order valence-corrected chi connectivity index (χ3v) is 4.15. The molecular formula is C18H22N6O2. The molecule has 2 N–H and O–H groups in total. The molecule has 1 unspecified atom stereocenters. The van der Waals surface area contributed by atoms with E-state index in [1.807, 2.05) is 38.1 Å². The van der Waals surface area contributed by atoms with Crippen LogP contribution in [0.5, 0.6) is 5.75 Å². The summed E-state index contributed by atoms with van der Waals surface area (Å²) in [5.41, 5.74) is 1.87. The second-order valence-electron chi connectivity index (χ2n) is 6.28. The molecule has 1 aromatic carbocycles. The van der Waals surface area contributed by atoms with Crippen molar-refractivity contribution in [1.82, 2.24) is 30.5 Å². The van der Waals surface area contributed by atoms with Crippen LogP contribution in [0, 0.1) is 5.92 Å². The van der Waals surface area contributed by atoms with Crippen molar-refractivity contribution in [1.29, 1.82) is 0 Å². The number of H-pyrrole nitrogens is 1. The minimum Gasteiger partial charge on any atom is -0.496 e. The minimum atomic E-state index is -0.218. The molecule has 26 heavy (non-hydrogen) atoms. The maximum Gasteiger partial charge on any atom is 0.269 e. The average Bonchev–Trinajstić information content (AvgIpc) is 3.32. The second kappa shape index (κ2) is 7.81. The van der Waals surface area contributed by atoms with Crippen LogP contribution in [0.15, 0.2) is 42.7 Å². The molecule has 1 amide bonds. The lowest BCUT2D eigenvalue weighted by Crippen LogP contribution is -2.42. The van der Waals surface area contributed by atoms with Crippen molar-refractivity contribution in [3.8, 4) is 17.0 Å². The fourth-order valence-electron chi connectivity index (χ4n) is 2.62. The van der Waals surface area contributed by atoms with Crippen molar-refractivity contribution in [3.63, 3.8) is 0 Å². The topological polar surface area (TPSA) is 97.7 Å². The number of hydrogen-bond donors (Lipinski definition) is 2. The van der Waals surface area contributed by atoms with Crippen LogP contribution in [0.3, 0.4) is 0 Å². The van der Waals surface area contributed by atoms with Crippen LogP contribution < -0.4 is 10.1 Å². The molecule has 0 bridgehead atoms. The van der Waals surface area contributed by atoms with Gasteiger partial charge in [-0.15, -0.1) is 0 Å². The zero-order valence-electron chi connectivity index (χ0n) is 15.0. The molecule has 8 heteroatoms. The zero-order chi connectivity index (χ0) is 18.5. The predicted octanol–water partition coefficient (Wildman–Crippen LogP) is 2.13. The van der Waals surface area contributed by atoms with Gasteiger partial charge in [0.05, 0.1) is 37.8 Å². The lowest BCUT2D eigenvalue weighted by molar-refractivity contribution is 0.0912. The summed E-state index contributed by atoms with van der Waals surface area (Å²) in [6, 6.07) is 9.16. The molecule has 2 aromatic heterocycles. The van der Waals surface area contributed by atoms with Crippen LogP contribution in [0.25, 0.3) is 11.3 Å². The van der Waals surface area contributed by atoms with Crippen molar-refractivity contribution in [3.05, 3.63) is 48.4 Å². The Hall–Kier alpha value is -3.16. The molecule has 0 saturated carbocycles. The van der Waals surface area contributed by atoms with Gasteiger partial charge in [-0.2, -0.15) is 20.1 Å². The molecule has 2 heterocycles. The normalized spacial score (nSPS) is 12.2. The van der Waals surface area contributed by atoms with Gasteiger partial charge in [0.1, 0.15) is 11.4 Å². The summed E-state index contributed by atoms with van der Waals surface area (Å²) in [5.74, 6) is 0.710. The van der Waals surface area contributed by atoms with Gasteiger partial charge in [-0.3, -0.25) is 9.89 Å². The molecule has 0 aliphatic rings. The first-order chi connectivity index (χ1) is 12.6. The van der Waals surface area contributed by atoms with Gasteiger partial charge >= 0.3 is 0 Å². The summed E-state index contributed by atoms with van der Waals surface area (Å²) in [6.45, 7) is 4.59. The van der Waals surface area contributed by atoms with E-state index in [-0.39, 0.29) is 17.9 Å². The average molecular weight is 354 g/mol. The number of amides is 1. The lowest BCUT2D eigenvalue weighted by atomic mass is 10.0. The summed E-state index contributed by atoms with van der Waals surface area (Å²) in [7, 11) is 1.61. The molecule has 3 rings (SSSR count). The van der Waals surface area contributed by atoms with E-state index in [1.165, 1.54) is 0 Å². The smallest absolute Gasteiger partial charge is 0.269 e. The first-order valence-corrected chi connectivity index (χ1v) is 8.42. The van der Waals surface area contributed by atoms with Gasteiger partial charge in [-0.05, 0) is 24.1 Å². The van der Waals surface area contributed by atoms with E-state index in [2.05, 4.69) is 25.7 Å². The molecule has 0 fully saturated rings. The van der Waals surface area contributed by atoms with Crippen LogP contribution in [0.2, 0.25) is 0 Å². The maximum absolute atomic E-state index is 12.6. The number of nitrogens with zero attached hydrogens (tertiary/aromatic N) is 4. The Morgan fingerprint density at radius 1 is 1.27 bits per heavy atom. The van der Waals surface area contributed by atoms with Crippen LogP contribution in [0.1, 0.15) is 24.3 Å². The SMILES string of the molecule is COc1ccccc1-c1cc(C(=O)NC(Cn2nccn2)C(C)C)[nH]n1. The highest BCUT2D eigenvalue weighted by molar-refractivity contribution is 5.93. The summed E-state index contributed by atoms with van der Waals surface area (Å²) in [4.78, 5) is 14.2. The molecule has 3 aromatic rings. The number of hydrogen-bond acceptors (Lipinski definition) is 5. The van der Waals surface area contributed by atoms with E-state index in [0.29, 0.717) is 23.7 Å². The standard InChI is InChI=1S/C18H22N6O2/c1-12(2)16(11-24-19-8-9-20-24)21-18(25)15-10-14(22-23-15)13-6-4-5-7-17(13)26-3/h4-10,12,16H,11H2,1-3H3,(H,21,25)(H,22,23). The van der Waals surface area contributed by atoms with Crippen molar-refractivity contribution < 1.29 is 9.53 Å². The third-order valence-electron chi connectivity index (χ3n) is 4.15. The van der Waals surface area contributed by atoms with Gasteiger partial charge in [-0.25, -0.2) is 0 Å². The predicted molar refractivity (Wildman–Crippen MR) is 96.7 cm³/mol. The first-order valence-electron chi connectivity index (χ1n) is 8.42. The van der Waals surface area contributed by atoms with Gasteiger partial charge in [0.2, 0.25) is 0 Å². The highest BCUT2D eigenvalue weighted by atomic mass is 16.5. The van der Waals surface area contributed by atoms with E-state index >= 15 is 0 Å². The number of para-hydroxylation sites is 1. The number of carbonyl (C=O) groups is 1. The van der Waals surface area contributed by atoms with E-state index in [9.17, 15) is 4.79 Å². The molecule has 0 saturated heterocycles. The molecule has 1 atom stereocenters. The first kappa shape index (κ1) is 17.7. The van der Waals surface area contributed by atoms with Crippen LogP contribution in [0.4, 0.5) is 0 Å². The Morgan fingerprint density at radius 3 is 2.69 bits per heavy atom. The van der Waals surface area contributed by atoms with Crippen molar-refractivity contribution >= 4 is 5.91 Å². The molecule has 0 aliphatic carbocycles. The van der Waals surface area contributed by atoms with Crippen molar-refractivity contribution in [2.24, 2.45) is 5.92 Å². The Morgan fingerprint density at radius 2 is 2.00 bits per heavy atom. The maximum atomic E-state index is 12.6. The lowest BCUT2D eigenvalue weighted by Gasteiger charge is -2.21. The molecular weight excluding hydrogens is 332 g/mol. The Labute approximate surface area is 151 Å². The summed E-state index contributed by atoms with van der Waals surface area (Å²) >= 11 is 0. The fourth-order valence-corrected chi connectivity index (χ4v) is 2.62. The molecule has 136 valence electrons. The number of ether oxygens (including phenoxy) is 1. The Kier molecular flexibility index (Phi) is 5.31. The summed E-state index contributed by atoms with van der Waals surface area (Å²) < 4.78 is 5.35. The van der Waals surface area contributed by atoms with Crippen LogP contribution >= 0.6 is 0 Å². The van der Waals surface area contributed by atoms with Gasteiger partial charge < -0.3 is 10.1 Å². The number of methoxy groups -OCH3 is 1. The van der Waals surface area contributed by atoms with E-state index < -0.39 is 0 Å². The van der Waals surface area contributed by atoms with Crippen molar-refractivity contribution in [2.45, 2.75) is 26.4 Å². The number of nitrogens with one attached hydrogen (secondary N) is 2. The molecule has 8 nitrogen and oxygen atoms in total. The van der Waals surface area contributed by atoms with Gasteiger partial charge in [-0.1, -0.05) is 26.0 Å². The number of carbonyl (C=O) groups excluding carboxylic acids is 1. The number of aromatic nitrogens is 5. The quantitative estimate of drug-likeness (QED) is 0.677. The van der Waals surface area contributed by atoms with Gasteiger partial charge in [0.15, 0.2) is 0 Å². The van der Waals surface area contributed by atoms with Gasteiger partial charge in [0, 0.05) is 5.56 Å².